The fourth-order valence-electron chi connectivity index (χ4n) is 2.46. The molecule has 1 aliphatic rings. The molecule has 0 aromatic heterocycles. The lowest BCUT2D eigenvalue weighted by Crippen LogP contribution is -2.36. The molecule has 0 aliphatic carbocycles. The molecule has 1 fully saturated rings. The van der Waals surface area contributed by atoms with E-state index in [1.54, 1.807) is 0 Å². The molecule has 0 radical (unpaired) electrons. The second-order valence-electron chi connectivity index (χ2n) is 5.08. The number of piperidine rings is 1. The molecule has 1 nitrogen and oxygen atoms in total. The fraction of sp³-hybridized carbons (Fsp3) is 0.600. The molecule has 1 unspecified atom stereocenters. The minimum absolute atomic E-state index is 0.821. The first kappa shape index (κ1) is 13.0. The van der Waals surface area contributed by atoms with Gasteiger partial charge < -0.3 is 4.90 Å². The predicted octanol–water partition coefficient (Wildman–Crippen LogP) is 3.96. The van der Waals surface area contributed by atoms with Crippen LogP contribution in [-0.4, -0.2) is 30.3 Å². The third-order valence-corrected chi connectivity index (χ3v) is 4.71. The largest absolute Gasteiger partial charge is 0.303 e. The van der Waals surface area contributed by atoms with Crippen molar-refractivity contribution in [2.24, 2.45) is 0 Å². The molecule has 0 spiro atoms. The molecule has 17 heavy (non-hydrogen) atoms. The monoisotopic (exact) mass is 249 g/mol. The van der Waals surface area contributed by atoms with E-state index in [0.717, 1.165) is 6.04 Å². The molecular weight excluding hydrogens is 226 g/mol. The van der Waals surface area contributed by atoms with Crippen LogP contribution in [-0.2, 0) is 0 Å². The molecule has 1 atom stereocenters. The van der Waals surface area contributed by atoms with Gasteiger partial charge in [-0.2, -0.15) is 0 Å². The topological polar surface area (TPSA) is 3.24 Å². The van der Waals surface area contributed by atoms with Gasteiger partial charge in [-0.1, -0.05) is 24.1 Å². The Balaban J connectivity index is 1.73. The number of hydrogen-bond donors (Lipinski definition) is 0. The Labute approximate surface area is 110 Å². The van der Waals surface area contributed by atoms with Crippen molar-refractivity contribution in [2.45, 2.75) is 43.5 Å². The number of nitrogens with zero attached hydrogens (tertiary/aromatic N) is 1. The molecule has 0 saturated carbocycles. The summed E-state index contributed by atoms with van der Waals surface area (Å²) >= 11 is 2.00. The van der Waals surface area contributed by atoms with Crippen LogP contribution in [0.3, 0.4) is 0 Å². The van der Waals surface area contributed by atoms with Gasteiger partial charge in [0.05, 0.1) is 0 Å². The number of aryl methyl sites for hydroxylation is 1. The maximum Gasteiger partial charge on any atom is 0.0100 e. The maximum absolute atomic E-state index is 2.54. The van der Waals surface area contributed by atoms with Crippen molar-refractivity contribution in [1.82, 2.24) is 4.90 Å². The van der Waals surface area contributed by atoms with Crippen LogP contribution in [0.5, 0.6) is 0 Å². The SMILES string of the molecule is Cc1ccc(SCCC2CCCCN2C)cc1. The summed E-state index contributed by atoms with van der Waals surface area (Å²) < 4.78 is 0. The van der Waals surface area contributed by atoms with Gasteiger partial charge in [-0.05, 0) is 57.7 Å². The summed E-state index contributed by atoms with van der Waals surface area (Å²) in [7, 11) is 2.28. The molecule has 94 valence electrons. The van der Waals surface area contributed by atoms with Gasteiger partial charge in [0.25, 0.3) is 0 Å². The zero-order valence-corrected chi connectivity index (χ0v) is 11.8. The summed E-state index contributed by atoms with van der Waals surface area (Å²) in [4.78, 5) is 3.95. The quantitative estimate of drug-likeness (QED) is 0.743. The first-order valence-electron chi connectivity index (χ1n) is 6.65. The predicted molar refractivity (Wildman–Crippen MR) is 76.8 cm³/mol. The Morgan fingerprint density at radius 1 is 1.24 bits per heavy atom. The van der Waals surface area contributed by atoms with Crippen molar-refractivity contribution in [2.75, 3.05) is 19.3 Å². The van der Waals surface area contributed by atoms with E-state index >= 15 is 0 Å². The molecule has 1 aromatic carbocycles. The smallest absolute Gasteiger partial charge is 0.0100 e. The highest BCUT2D eigenvalue weighted by atomic mass is 32.2. The van der Waals surface area contributed by atoms with Crippen LogP contribution < -0.4 is 0 Å². The third-order valence-electron chi connectivity index (χ3n) is 3.66. The summed E-state index contributed by atoms with van der Waals surface area (Å²) in [6, 6.07) is 9.71. The van der Waals surface area contributed by atoms with Crippen LogP contribution in [0.4, 0.5) is 0 Å². The Hall–Kier alpha value is -0.470. The van der Waals surface area contributed by atoms with Gasteiger partial charge >= 0.3 is 0 Å². The molecule has 1 heterocycles. The number of benzene rings is 1. The van der Waals surface area contributed by atoms with E-state index in [4.69, 9.17) is 0 Å². The second kappa shape index (κ2) is 6.46. The van der Waals surface area contributed by atoms with E-state index in [9.17, 15) is 0 Å². The molecule has 1 saturated heterocycles. The van der Waals surface area contributed by atoms with Gasteiger partial charge in [0.1, 0.15) is 0 Å². The van der Waals surface area contributed by atoms with Crippen molar-refractivity contribution in [3.05, 3.63) is 29.8 Å². The maximum atomic E-state index is 2.54. The van der Waals surface area contributed by atoms with Crippen molar-refractivity contribution in [3.63, 3.8) is 0 Å². The second-order valence-corrected chi connectivity index (χ2v) is 6.25. The van der Waals surface area contributed by atoms with Crippen LogP contribution in [0.1, 0.15) is 31.2 Å². The molecule has 1 aromatic rings. The minimum Gasteiger partial charge on any atom is -0.303 e. The first-order valence-corrected chi connectivity index (χ1v) is 7.64. The van der Waals surface area contributed by atoms with E-state index in [2.05, 4.69) is 43.1 Å². The fourth-order valence-corrected chi connectivity index (χ4v) is 3.41. The Kier molecular flexibility index (Phi) is 4.93. The molecule has 1 aliphatic heterocycles. The Bertz CT molecular complexity index is 333. The first-order chi connectivity index (χ1) is 8.25. The molecular formula is C15H23NS. The van der Waals surface area contributed by atoms with E-state index in [-0.39, 0.29) is 0 Å². The van der Waals surface area contributed by atoms with Crippen LogP contribution >= 0.6 is 11.8 Å². The van der Waals surface area contributed by atoms with Gasteiger partial charge in [0, 0.05) is 10.9 Å². The lowest BCUT2D eigenvalue weighted by Gasteiger charge is -2.32. The molecule has 0 bridgehead atoms. The lowest BCUT2D eigenvalue weighted by atomic mass is 10.0. The van der Waals surface area contributed by atoms with Gasteiger partial charge in [-0.15, -0.1) is 11.8 Å². The highest BCUT2D eigenvalue weighted by Crippen LogP contribution is 2.23. The number of likely N-dealkylation sites (tertiary alicyclic amines) is 1. The standard InChI is InChI=1S/C15H23NS/c1-13-6-8-15(9-7-13)17-12-10-14-5-3-4-11-16(14)2/h6-9,14H,3-5,10-12H2,1-2H3. The van der Waals surface area contributed by atoms with Crippen molar-refractivity contribution in [3.8, 4) is 0 Å². The summed E-state index contributed by atoms with van der Waals surface area (Å²) in [5.74, 6) is 1.25. The summed E-state index contributed by atoms with van der Waals surface area (Å²) in [5, 5.41) is 0. The average molecular weight is 249 g/mol. The van der Waals surface area contributed by atoms with E-state index in [0.29, 0.717) is 0 Å². The van der Waals surface area contributed by atoms with Gasteiger partial charge in [-0.25, -0.2) is 0 Å². The summed E-state index contributed by atoms with van der Waals surface area (Å²) in [6.07, 6.45) is 5.53. The third kappa shape index (κ3) is 4.04. The van der Waals surface area contributed by atoms with Crippen LogP contribution in [0.2, 0.25) is 0 Å². The van der Waals surface area contributed by atoms with Gasteiger partial charge in [-0.3, -0.25) is 0 Å². The zero-order valence-electron chi connectivity index (χ0n) is 11.0. The van der Waals surface area contributed by atoms with Crippen molar-refractivity contribution >= 4 is 11.8 Å². The minimum atomic E-state index is 0.821. The Morgan fingerprint density at radius 2 is 2.00 bits per heavy atom. The molecule has 2 heteroatoms. The lowest BCUT2D eigenvalue weighted by molar-refractivity contribution is 0.182. The highest BCUT2D eigenvalue weighted by Gasteiger charge is 2.17. The van der Waals surface area contributed by atoms with E-state index in [1.165, 1.54) is 48.4 Å². The normalized spacial score (nSPS) is 21.6. The van der Waals surface area contributed by atoms with Gasteiger partial charge in [0.2, 0.25) is 0 Å². The summed E-state index contributed by atoms with van der Waals surface area (Å²) in [5.41, 5.74) is 1.35. The van der Waals surface area contributed by atoms with Crippen LogP contribution in [0.15, 0.2) is 29.2 Å². The van der Waals surface area contributed by atoms with E-state index < -0.39 is 0 Å². The number of rotatable bonds is 4. The van der Waals surface area contributed by atoms with Crippen LogP contribution in [0, 0.1) is 6.92 Å². The molecule has 0 N–H and O–H groups in total. The molecule has 0 amide bonds. The summed E-state index contributed by atoms with van der Waals surface area (Å²) in [6.45, 7) is 3.44. The van der Waals surface area contributed by atoms with E-state index in [1.807, 2.05) is 11.8 Å². The van der Waals surface area contributed by atoms with Crippen LogP contribution in [0.25, 0.3) is 0 Å². The number of thioether (sulfide) groups is 1. The van der Waals surface area contributed by atoms with Crippen molar-refractivity contribution < 1.29 is 0 Å². The van der Waals surface area contributed by atoms with Gasteiger partial charge in [0.15, 0.2) is 0 Å². The van der Waals surface area contributed by atoms with Crippen molar-refractivity contribution in [1.29, 1.82) is 0 Å². The number of hydrogen-bond acceptors (Lipinski definition) is 2. The molecule has 2 rings (SSSR count). The zero-order chi connectivity index (χ0) is 12.1. The average Bonchev–Trinajstić information content (AvgIpc) is 2.34. The highest BCUT2D eigenvalue weighted by molar-refractivity contribution is 7.99. The Morgan fingerprint density at radius 3 is 2.71 bits per heavy atom.